The number of rotatable bonds is 6. The molecule has 0 unspecified atom stereocenters. The van der Waals surface area contributed by atoms with Gasteiger partial charge in [-0.3, -0.25) is 4.40 Å². The highest BCUT2D eigenvalue weighted by Gasteiger charge is 2.15. The highest BCUT2D eigenvalue weighted by molar-refractivity contribution is 6.13. The van der Waals surface area contributed by atoms with Gasteiger partial charge in [0.05, 0.1) is 22.4 Å². The Morgan fingerprint density at radius 2 is 1.36 bits per heavy atom. The summed E-state index contributed by atoms with van der Waals surface area (Å²) in [6, 6.07) is 39.2. The second kappa shape index (κ2) is 10.7. The molecule has 2 N–H and O–H groups in total. The van der Waals surface area contributed by atoms with Gasteiger partial charge in [0, 0.05) is 34.4 Å². The van der Waals surface area contributed by atoms with Gasteiger partial charge in [0.25, 0.3) is 0 Å². The maximum absolute atomic E-state index is 6.46. The number of nitrogens with zero attached hydrogens (tertiary/aromatic N) is 3. The predicted octanol–water partition coefficient (Wildman–Crippen LogP) is 10.4. The molecule has 0 saturated carbocycles. The molecule has 0 aliphatic rings. The minimum Gasteiger partial charge on any atom is -0.457 e. The zero-order valence-electron chi connectivity index (χ0n) is 25.3. The van der Waals surface area contributed by atoms with Crippen LogP contribution in [-0.2, 0) is 0 Å². The lowest BCUT2D eigenvalue weighted by Crippen LogP contribution is -2.01. The average Bonchev–Trinajstić information content (AvgIpc) is 3.44. The topological polar surface area (TPSA) is 63.5 Å². The molecule has 3 aromatic heterocycles. The second-order valence-electron chi connectivity index (χ2n) is 11.5. The number of ether oxygens (including phenoxy) is 1. The van der Waals surface area contributed by atoms with E-state index in [2.05, 4.69) is 84.3 Å². The first-order valence-electron chi connectivity index (χ1n) is 15.1. The number of nitrogens with one attached hydrogen (secondary N) is 2. The molecule has 8 aromatic rings. The molecular formula is C39H31N5O. The van der Waals surface area contributed by atoms with Crippen LogP contribution in [0.4, 0.5) is 22.7 Å². The van der Waals surface area contributed by atoms with E-state index < -0.39 is 0 Å². The summed E-state index contributed by atoms with van der Waals surface area (Å²) in [4.78, 5) is 9.74. The van der Waals surface area contributed by atoms with Crippen molar-refractivity contribution >= 4 is 61.2 Å². The van der Waals surface area contributed by atoms with Crippen molar-refractivity contribution < 1.29 is 4.74 Å². The van der Waals surface area contributed by atoms with Gasteiger partial charge in [0.15, 0.2) is 0 Å². The molecule has 6 heteroatoms. The van der Waals surface area contributed by atoms with Gasteiger partial charge in [-0.05, 0) is 104 Å². The van der Waals surface area contributed by atoms with Crippen molar-refractivity contribution in [2.75, 3.05) is 10.6 Å². The van der Waals surface area contributed by atoms with Crippen LogP contribution in [0.1, 0.15) is 16.7 Å². The fourth-order valence-corrected chi connectivity index (χ4v) is 6.36. The third kappa shape index (κ3) is 4.77. The van der Waals surface area contributed by atoms with E-state index >= 15 is 0 Å². The van der Waals surface area contributed by atoms with Crippen molar-refractivity contribution in [1.82, 2.24) is 14.4 Å². The van der Waals surface area contributed by atoms with Gasteiger partial charge in [-0.2, -0.15) is 0 Å². The van der Waals surface area contributed by atoms with Crippen LogP contribution < -0.4 is 15.4 Å². The average molecular weight is 586 g/mol. The number of benzene rings is 5. The zero-order valence-corrected chi connectivity index (χ0v) is 25.3. The van der Waals surface area contributed by atoms with E-state index in [-0.39, 0.29) is 0 Å². The molecule has 0 aliphatic heterocycles. The van der Waals surface area contributed by atoms with Gasteiger partial charge < -0.3 is 15.4 Å². The molecule has 8 rings (SSSR count). The molecule has 3 heterocycles. The SMILES string of the molecule is Cc1cc(C)c(Nc2ccccc2Nc2cccc(Oc3ccc4c5cccnc5n5c6ccccc6nc5c4c3)c2)c(C)c1. The smallest absolute Gasteiger partial charge is 0.147 e. The zero-order chi connectivity index (χ0) is 30.5. The van der Waals surface area contributed by atoms with Crippen molar-refractivity contribution in [2.24, 2.45) is 0 Å². The van der Waals surface area contributed by atoms with E-state index in [1.54, 1.807) is 0 Å². The molecule has 6 nitrogen and oxygen atoms in total. The maximum Gasteiger partial charge on any atom is 0.147 e. The molecule has 5 aromatic carbocycles. The van der Waals surface area contributed by atoms with Gasteiger partial charge in [-0.15, -0.1) is 0 Å². The van der Waals surface area contributed by atoms with E-state index in [1.165, 1.54) is 16.7 Å². The maximum atomic E-state index is 6.46. The van der Waals surface area contributed by atoms with E-state index in [0.717, 1.165) is 72.7 Å². The Hall–Kier alpha value is -5.88. The first kappa shape index (κ1) is 26.7. The Bertz CT molecular complexity index is 2390. The molecule has 0 spiro atoms. The van der Waals surface area contributed by atoms with Crippen LogP contribution in [0.2, 0.25) is 0 Å². The number of imidazole rings is 1. The van der Waals surface area contributed by atoms with Crippen LogP contribution in [0.25, 0.3) is 38.5 Å². The highest BCUT2D eigenvalue weighted by Crippen LogP contribution is 2.36. The summed E-state index contributed by atoms with van der Waals surface area (Å²) < 4.78 is 8.61. The van der Waals surface area contributed by atoms with Gasteiger partial charge in [0.2, 0.25) is 0 Å². The number of anilines is 4. The van der Waals surface area contributed by atoms with Crippen LogP contribution in [0, 0.1) is 20.8 Å². The summed E-state index contributed by atoms with van der Waals surface area (Å²) in [5.74, 6) is 1.48. The van der Waals surface area contributed by atoms with E-state index in [0.29, 0.717) is 0 Å². The first-order valence-corrected chi connectivity index (χ1v) is 15.1. The normalized spacial score (nSPS) is 11.4. The lowest BCUT2D eigenvalue weighted by atomic mass is 10.0. The Morgan fingerprint density at radius 3 is 2.20 bits per heavy atom. The summed E-state index contributed by atoms with van der Waals surface area (Å²) in [5.41, 5.74) is 11.5. The highest BCUT2D eigenvalue weighted by atomic mass is 16.5. The molecule has 0 amide bonds. The van der Waals surface area contributed by atoms with Crippen LogP contribution in [0.15, 0.2) is 121 Å². The molecule has 218 valence electrons. The number of aromatic nitrogens is 3. The van der Waals surface area contributed by atoms with Gasteiger partial charge in [0.1, 0.15) is 22.8 Å². The summed E-state index contributed by atoms with van der Waals surface area (Å²) in [5, 5.41) is 10.4. The Kier molecular flexibility index (Phi) is 6.34. The number of hydrogen-bond acceptors (Lipinski definition) is 5. The summed E-state index contributed by atoms with van der Waals surface area (Å²) in [7, 11) is 0. The Morgan fingerprint density at radius 1 is 0.600 bits per heavy atom. The van der Waals surface area contributed by atoms with Crippen LogP contribution >= 0.6 is 0 Å². The fourth-order valence-electron chi connectivity index (χ4n) is 6.36. The minimum absolute atomic E-state index is 0.738. The monoisotopic (exact) mass is 585 g/mol. The van der Waals surface area contributed by atoms with Gasteiger partial charge in [-0.25, -0.2) is 9.97 Å². The first-order chi connectivity index (χ1) is 22.0. The second-order valence-corrected chi connectivity index (χ2v) is 11.5. The van der Waals surface area contributed by atoms with E-state index in [1.807, 2.05) is 72.9 Å². The molecule has 0 radical (unpaired) electrons. The number of aryl methyl sites for hydroxylation is 3. The molecule has 0 fully saturated rings. The van der Waals surface area contributed by atoms with Crippen molar-refractivity contribution in [3.63, 3.8) is 0 Å². The molecule has 0 bridgehead atoms. The van der Waals surface area contributed by atoms with Crippen molar-refractivity contribution in [1.29, 1.82) is 0 Å². The third-order valence-corrected chi connectivity index (χ3v) is 8.29. The third-order valence-electron chi connectivity index (χ3n) is 8.29. The molecule has 0 aliphatic carbocycles. The molecule has 0 saturated heterocycles. The predicted molar refractivity (Wildman–Crippen MR) is 186 cm³/mol. The quantitative estimate of drug-likeness (QED) is 0.190. The van der Waals surface area contributed by atoms with Gasteiger partial charge >= 0.3 is 0 Å². The van der Waals surface area contributed by atoms with Crippen molar-refractivity contribution in [3.05, 3.63) is 138 Å². The Balaban J connectivity index is 1.13. The number of fused-ring (bicyclic) bond motifs is 8. The molecule has 45 heavy (non-hydrogen) atoms. The van der Waals surface area contributed by atoms with Crippen LogP contribution in [-0.4, -0.2) is 14.4 Å². The standard InChI is InChI=1S/C39H31N5O/c1-24-20-25(2)37(26(3)21-24)42-34-14-5-4-13-33(34)41-27-10-8-11-28(22-27)45-29-17-18-30-31-12-9-19-40-38(31)44-36-16-7-6-15-35(36)43-39(44)32(30)23-29/h4-23,41-42H,1-3H3. The number of para-hydroxylation sites is 4. The number of pyridine rings is 2. The van der Waals surface area contributed by atoms with Crippen LogP contribution in [0.5, 0.6) is 11.5 Å². The summed E-state index contributed by atoms with van der Waals surface area (Å²) in [6.45, 7) is 6.42. The lowest BCUT2D eigenvalue weighted by Gasteiger charge is -2.18. The van der Waals surface area contributed by atoms with Crippen LogP contribution in [0.3, 0.4) is 0 Å². The lowest BCUT2D eigenvalue weighted by molar-refractivity contribution is 0.484. The fraction of sp³-hybridized carbons (Fsp3) is 0.0769. The summed E-state index contributed by atoms with van der Waals surface area (Å²) in [6.07, 6.45) is 1.83. The number of hydrogen-bond donors (Lipinski definition) is 2. The van der Waals surface area contributed by atoms with Gasteiger partial charge in [-0.1, -0.05) is 48.0 Å². The minimum atomic E-state index is 0.738. The van der Waals surface area contributed by atoms with E-state index in [4.69, 9.17) is 14.7 Å². The van der Waals surface area contributed by atoms with E-state index in [9.17, 15) is 0 Å². The Labute approximate surface area is 261 Å². The summed E-state index contributed by atoms with van der Waals surface area (Å²) >= 11 is 0. The molecular weight excluding hydrogens is 554 g/mol. The largest absolute Gasteiger partial charge is 0.457 e. The van der Waals surface area contributed by atoms with Crippen molar-refractivity contribution in [2.45, 2.75) is 20.8 Å². The van der Waals surface area contributed by atoms with Crippen molar-refractivity contribution in [3.8, 4) is 11.5 Å². The molecule has 0 atom stereocenters.